The van der Waals surface area contributed by atoms with Gasteiger partial charge in [-0.15, -0.1) is 0 Å². The van der Waals surface area contributed by atoms with Gasteiger partial charge in [0.2, 0.25) is 0 Å². The molecular formula is C8H9BrF2N2O. The second kappa shape index (κ2) is 4.20. The van der Waals surface area contributed by atoms with E-state index in [-0.39, 0.29) is 16.6 Å². The van der Waals surface area contributed by atoms with Gasteiger partial charge in [0.15, 0.2) is 11.6 Å². The van der Waals surface area contributed by atoms with Crippen molar-refractivity contribution in [3.05, 3.63) is 27.7 Å². The summed E-state index contributed by atoms with van der Waals surface area (Å²) >= 11 is 2.88. The molecule has 0 aromatic heterocycles. The minimum absolute atomic E-state index is 0.0512. The van der Waals surface area contributed by atoms with E-state index in [1.807, 2.05) is 0 Å². The van der Waals surface area contributed by atoms with Crippen molar-refractivity contribution in [1.29, 1.82) is 0 Å². The number of hydrogen-bond donors (Lipinski definition) is 3. The summed E-state index contributed by atoms with van der Waals surface area (Å²) in [5, 5.41) is 9.42. The Bertz CT molecular complexity index is 333. The van der Waals surface area contributed by atoms with E-state index in [1.165, 1.54) is 0 Å². The van der Waals surface area contributed by atoms with Crippen molar-refractivity contribution in [2.75, 3.05) is 6.54 Å². The summed E-state index contributed by atoms with van der Waals surface area (Å²) in [5.74, 6) is -2.65. The fourth-order valence-corrected chi connectivity index (χ4v) is 1.48. The molecule has 0 fully saturated rings. The number of aromatic hydroxyl groups is 1. The van der Waals surface area contributed by atoms with Crippen molar-refractivity contribution in [3.63, 3.8) is 0 Å². The van der Waals surface area contributed by atoms with Crippen LogP contribution in [0, 0.1) is 11.6 Å². The van der Waals surface area contributed by atoms with Crippen LogP contribution in [0.4, 0.5) is 8.78 Å². The average Bonchev–Trinajstić information content (AvgIpc) is 2.15. The molecule has 0 aliphatic heterocycles. The summed E-state index contributed by atoms with van der Waals surface area (Å²) < 4.78 is 26.1. The van der Waals surface area contributed by atoms with Gasteiger partial charge >= 0.3 is 0 Å². The van der Waals surface area contributed by atoms with Crippen molar-refractivity contribution in [2.24, 2.45) is 11.5 Å². The molecule has 3 nitrogen and oxygen atoms in total. The minimum atomic E-state index is -1.16. The van der Waals surface area contributed by atoms with Crippen LogP contribution < -0.4 is 11.5 Å². The van der Waals surface area contributed by atoms with Gasteiger partial charge in [0.25, 0.3) is 0 Å². The van der Waals surface area contributed by atoms with Gasteiger partial charge in [-0.05, 0) is 22.0 Å². The molecular weight excluding hydrogens is 258 g/mol. The fourth-order valence-electron chi connectivity index (χ4n) is 1.06. The van der Waals surface area contributed by atoms with Crippen LogP contribution in [0.1, 0.15) is 11.6 Å². The highest BCUT2D eigenvalue weighted by Gasteiger charge is 2.21. The third-order valence-electron chi connectivity index (χ3n) is 1.81. The van der Waals surface area contributed by atoms with Crippen LogP contribution in [0.15, 0.2) is 10.5 Å². The van der Waals surface area contributed by atoms with Gasteiger partial charge in [0, 0.05) is 12.6 Å². The van der Waals surface area contributed by atoms with Crippen LogP contribution in [-0.4, -0.2) is 11.7 Å². The van der Waals surface area contributed by atoms with Gasteiger partial charge in [0.1, 0.15) is 5.75 Å². The van der Waals surface area contributed by atoms with Crippen LogP contribution in [0.25, 0.3) is 0 Å². The van der Waals surface area contributed by atoms with Crippen LogP contribution >= 0.6 is 15.9 Å². The molecule has 1 aromatic rings. The van der Waals surface area contributed by atoms with Gasteiger partial charge in [-0.25, -0.2) is 8.78 Å². The number of benzene rings is 1. The lowest BCUT2D eigenvalue weighted by atomic mass is 10.1. The molecule has 0 aliphatic rings. The number of phenolic OH excluding ortho intramolecular Hbond substituents is 1. The molecule has 0 saturated heterocycles. The third kappa shape index (κ3) is 1.87. The average molecular weight is 267 g/mol. The van der Waals surface area contributed by atoms with Gasteiger partial charge in [0.05, 0.1) is 10.0 Å². The lowest BCUT2D eigenvalue weighted by Gasteiger charge is -2.13. The Morgan fingerprint density at radius 1 is 1.50 bits per heavy atom. The molecule has 0 radical (unpaired) electrons. The van der Waals surface area contributed by atoms with Gasteiger partial charge in [-0.2, -0.15) is 0 Å². The Balaban J connectivity index is 3.39. The molecule has 1 aromatic carbocycles. The van der Waals surface area contributed by atoms with E-state index in [0.29, 0.717) is 0 Å². The second-order valence-electron chi connectivity index (χ2n) is 2.76. The zero-order chi connectivity index (χ0) is 10.9. The molecule has 1 unspecified atom stereocenters. The molecule has 1 atom stereocenters. The van der Waals surface area contributed by atoms with Crippen molar-refractivity contribution >= 4 is 15.9 Å². The van der Waals surface area contributed by atoms with E-state index in [9.17, 15) is 13.9 Å². The maximum atomic E-state index is 13.2. The highest BCUT2D eigenvalue weighted by molar-refractivity contribution is 9.10. The zero-order valence-electron chi connectivity index (χ0n) is 7.10. The molecule has 6 heteroatoms. The summed E-state index contributed by atoms with van der Waals surface area (Å²) in [7, 11) is 0. The normalized spacial score (nSPS) is 12.9. The van der Waals surface area contributed by atoms with Gasteiger partial charge < -0.3 is 16.6 Å². The number of nitrogens with two attached hydrogens (primary N) is 2. The van der Waals surface area contributed by atoms with E-state index in [2.05, 4.69) is 15.9 Å². The smallest absolute Gasteiger partial charge is 0.167 e. The second-order valence-corrected chi connectivity index (χ2v) is 3.61. The number of halogens is 3. The highest BCUT2D eigenvalue weighted by atomic mass is 79.9. The predicted octanol–water partition coefficient (Wildman–Crippen LogP) is 1.39. The van der Waals surface area contributed by atoms with Crippen LogP contribution in [0.2, 0.25) is 0 Å². The molecule has 5 N–H and O–H groups in total. The van der Waals surface area contributed by atoms with E-state index < -0.39 is 23.4 Å². The first-order chi connectivity index (χ1) is 6.49. The molecule has 0 aliphatic carbocycles. The number of rotatable bonds is 2. The fraction of sp³-hybridized carbons (Fsp3) is 0.250. The molecule has 78 valence electrons. The SMILES string of the molecule is NCC(N)c1c(O)c(Br)cc(F)c1F. The monoisotopic (exact) mass is 266 g/mol. The Kier molecular flexibility index (Phi) is 3.41. The molecule has 0 heterocycles. The maximum absolute atomic E-state index is 13.2. The standard InChI is InChI=1S/C8H9BrF2N2O/c9-3-1-4(10)7(11)6(8(3)14)5(13)2-12/h1,5,14H,2,12-13H2. The van der Waals surface area contributed by atoms with Crippen LogP contribution in [0.3, 0.4) is 0 Å². The summed E-state index contributed by atoms with van der Waals surface area (Å²) in [6.45, 7) is -0.0830. The maximum Gasteiger partial charge on any atom is 0.167 e. The quantitative estimate of drug-likeness (QED) is 0.709. The Morgan fingerprint density at radius 3 is 2.57 bits per heavy atom. The van der Waals surface area contributed by atoms with Gasteiger partial charge in [-0.3, -0.25) is 0 Å². The van der Waals surface area contributed by atoms with Crippen molar-refractivity contribution in [3.8, 4) is 5.75 Å². The molecule has 0 bridgehead atoms. The number of phenols is 1. The van der Waals surface area contributed by atoms with Crippen LogP contribution in [-0.2, 0) is 0 Å². The van der Waals surface area contributed by atoms with E-state index in [1.54, 1.807) is 0 Å². The predicted molar refractivity (Wildman–Crippen MR) is 51.7 cm³/mol. The van der Waals surface area contributed by atoms with Crippen molar-refractivity contribution in [2.45, 2.75) is 6.04 Å². The third-order valence-corrected chi connectivity index (χ3v) is 2.41. The Hall–Kier alpha value is -0.720. The first kappa shape index (κ1) is 11.4. The minimum Gasteiger partial charge on any atom is -0.506 e. The lowest BCUT2D eigenvalue weighted by molar-refractivity contribution is 0.428. The summed E-state index contributed by atoms with van der Waals surface area (Å²) in [6, 6.07) is -0.0979. The van der Waals surface area contributed by atoms with E-state index in [4.69, 9.17) is 11.5 Å². The molecule has 14 heavy (non-hydrogen) atoms. The first-order valence-corrected chi connectivity index (χ1v) is 4.60. The molecule has 0 amide bonds. The van der Waals surface area contributed by atoms with Crippen LogP contribution in [0.5, 0.6) is 5.75 Å². The summed E-state index contributed by atoms with van der Waals surface area (Å²) in [6.07, 6.45) is 0. The van der Waals surface area contributed by atoms with Crippen molar-refractivity contribution < 1.29 is 13.9 Å². The zero-order valence-corrected chi connectivity index (χ0v) is 8.68. The largest absolute Gasteiger partial charge is 0.506 e. The van der Waals surface area contributed by atoms with E-state index >= 15 is 0 Å². The Labute approximate surface area is 87.8 Å². The molecule has 0 saturated carbocycles. The molecule has 0 spiro atoms. The molecule has 1 rings (SSSR count). The van der Waals surface area contributed by atoms with Gasteiger partial charge in [-0.1, -0.05) is 0 Å². The first-order valence-electron chi connectivity index (χ1n) is 3.81. The topological polar surface area (TPSA) is 72.3 Å². The summed E-state index contributed by atoms with van der Waals surface area (Å²) in [5.41, 5.74) is 10.3. The highest BCUT2D eigenvalue weighted by Crippen LogP contribution is 2.34. The lowest BCUT2D eigenvalue weighted by Crippen LogP contribution is -2.22. The van der Waals surface area contributed by atoms with Crippen molar-refractivity contribution in [1.82, 2.24) is 0 Å². The van der Waals surface area contributed by atoms with E-state index in [0.717, 1.165) is 6.07 Å². The summed E-state index contributed by atoms with van der Waals surface area (Å²) in [4.78, 5) is 0. The number of hydrogen-bond acceptors (Lipinski definition) is 3. The Morgan fingerprint density at radius 2 is 2.07 bits per heavy atom.